The number of benzene rings is 1. The Morgan fingerprint density at radius 1 is 1.18 bits per heavy atom. The van der Waals surface area contributed by atoms with Crippen LogP contribution in [-0.4, -0.2) is 22.2 Å². The lowest BCUT2D eigenvalue weighted by Gasteiger charge is -2.07. The third kappa shape index (κ3) is 13.5. The number of carbonyl (C=O) groups is 1. The van der Waals surface area contributed by atoms with Crippen molar-refractivity contribution in [2.24, 2.45) is 4.99 Å². The Morgan fingerprint density at radius 3 is 2.45 bits per heavy atom. The largest absolute Gasteiger partial charge is 0.354 e. The van der Waals surface area contributed by atoms with E-state index in [1.165, 1.54) is 0 Å². The van der Waals surface area contributed by atoms with Crippen LogP contribution >= 0.6 is 0 Å². The number of aromatic nitrogens is 2. The van der Waals surface area contributed by atoms with Gasteiger partial charge in [-0.2, -0.15) is 0 Å². The number of amides is 1. The van der Waals surface area contributed by atoms with E-state index < -0.39 is 0 Å². The van der Waals surface area contributed by atoms with E-state index in [1.54, 1.807) is 43.2 Å². The highest BCUT2D eigenvalue weighted by molar-refractivity contribution is 5.73. The van der Waals surface area contributed by atoms with Gasteiger partial charge in [0.25, 0.3) is 0 Å². The first-order valence-electron chi connectivity index (χ1n) is 10.2. The van der Waals surface area contributed by atoms with Crippen molar-refractivity contribution in [3.8, 4) is 17.5 Å². The maximum absolute atomic E-state index is 10.4. The van der Waals surface area contributed by atoms with Crippen LogP contribution in [0.1, 0.15) is 25.1 Å². The molecular weight excluding hydrogens is 410 g/mol. The average Bonchev–Trinajstić information content (AvgIpc) is 3.21. The van der Waals surface area contributed by atoms with Crippen molar-refractivity contribution in [2.75, 3.05) is 5.32 Å². The minimum atomic E-state index is 0.678. The fourth-order valence-corrected chi connectivity index (χ4v) is 2.22. The standard InChI is InChI=1S/C12H13N3O.C12H14N2.C3H6/c1-9-3-11(14-8-16)5-12(4-9)15-6-10(2)13-7-15;1-4-7-8-9-12(14-6-3)11-13-10-5-2;1-3-2/h3-8H,1-2H3,(H,14,16);4-7,10-11,14H,2-3H2,1H3;3H,1H2,2H3/b;7-4+,12-11-,13-10?;. The predicted molar refractivity (Wildman–Crippen MR) is 141 cm³/mol. The van der Waals surface area contributed by atoms with Gasteiger partial charge in [-0.05, 0) is 69.7 Å². The molecule has 0 spiro atoms. The normalized spacial score (nSPS) is 10.0. The smallest absolute Gasteiger partial charge is 0.211 e. The van der Waals surface area contributed by atoms with Crippen LogP contribution in [0.3, 0.4) is 0 Å². The molecule has 1 aromatic heterocycles. The molecule has 0 aliphatic heterocycles. The fraction of sp³-hybridized carbons (Fsp3) is 0.148. The Hall–Kier alpha value is -4.37. The van der Waals surface area contributed by atoms with Crippen LogP contribution in [0.4, 0.5) is 5.69 Å². The lowest BCUT2D eigenvalue weighted by atomic mass is 10.2. The second-order valence-electron chi connectivity index (χ2n) is 6.34. The molecule has 0 atom stereocenters. The number of nitrogens with zero attached hydrogens (tertiary/aromatic N) is 3. The summed E-state index contributed by atoms with van der Waals surface area (Å²) in [6.07, 6.45) is 16.1. The number of aryl methyl sites for hydroxylation is 2. The molecule has 1 amide bonds. The van der Waals surface area contributed by atoms with Crippen LogP contribution in [0.15, 0.2) is 97.9 Å². The summed E-state index contributed by atoms with van der Waals surface area (Å²) in [4.78, 5) is 18.5. The maximum atomic E-state index is 10.4. The molecule has 1 aromatic carbocycles. The third-order valence-electron chi connectivity index (χ3n) is 3.41. The summed E-state index contributed by atoms with van der Waals surface area (Å²) in [6.45, 7) is 18.2. The lowest BCUT2D eigenvalue weighted by Crippen LogP contribution is -2.00. The molecule has 1 heterocycles. The topological polar surface area (TPSA) is 71.3 Å². The Bertz CT molecular complexity index is 1050. The van der Waals surface area contributed by atoms with Crippen molar-refractivity contribution >= 4 is 18.3 Å². The zero-order chi connectivity index (χ0) is 24.9. The van der Waals surface area contributed by atoms with Gasteiger partial charge in [0.15, 0.2) is 0 Å². The monoisotopic (exact) mass is 443 g/mol. The molecule has 0 radical (unpaired) electrons. The first-order chi connectivity index (χ1) is 15.9. The quantitative estimate of drug-likeness (QED) is 0.251. The molecule has 0 aliphatic carbocycles. The number of hydrogen-bond donors (Lipinski definition) is 2. The minimum absolute atomic E-state index is 0.678. The molecule has 6 nitrogen and oxygen atoms in total. The van der Waals surface area contributed by atoms with Gasteiger partial charge in [-0.1, -0.05) is 37.3 Å². The first-order valence-corrected chi connectivity index (χ1v) is 10.2. The summed E-state index contributed by atoms with van der Waals surface area (Å²) in [6, 6.07) is 5.86. The van der Waals surface area contributed by atoms with Crippen LogP contribution in [-0.2, 0) is 4.79 Å². The molecule has 0 fully saturated rings. The van der Waals surface area contributed by atoms with Crippen LogP contribution in [0.5, 0.6) is 0 Å². The van der Waals surface area contributed by atoms with E-state index in [9.17, 15) is 4.79 Å². The van der Waals surface area contributed by atoms with Crippen molar-refractivity contribution in [1.29, 1.82) is 0 Å². The van der Waals surface area contributed by atoms with Gasteiger partial charge >= 0.3 is 0 Å². The number of hydrogen-bond acceptors (Lipinski definition) is 4. The highest BCUT2D eigenvalue weighted by Gasteiger charge is 2.01. The lowest BCUT2D eigenvalue weighted by molar-refractivity contribution is -0.105. The molecule has 0 bridgehead atoms. The first kappa shape index (κ1) is 28.6. The second kappa shape index (κ2) is 18.4. The minimum Gasteiger partial charge on any atom is -0.354 e. The van der Waals surface area contributed by atoms with E-state index in [0.29, 0.717) is 12.1 Å². The Labute approximate surface area is 197 Å². The van der Waals surface area contributed by atoms with Gasteiger partial charge in [0.05, 0.1) is 18.2 Å². The molecule has 172 valence electrons. The summed E-state index contributed by atoms with van der Waals surface area (Å²) in [5, 5.41) is 5.52. The van der Waals surface area contributed by atoms with E-state index in [4.69, 9.17) is 0 Å². The van der Waals surface area contributed by atoms with Gasteiger partial charge in [0.2, 0.25) is 6.41 Å². The van der Waals surface area contributed by atoms with Crippen molar-refractivity contribution < 1.29 is 4.79 Å². The Balaban J connectivity index is 0.000000560. The molecule has 0 unspecified atom stereocenters. The number of rotatable bonds is 7. The predicted octanol–water partition coefficient (Wildman–Crippen LogP) is 5.65. The number of carbonyl (C=O) groups excluding carboxylic acids is 1. The van der Waals surface area contributed by atoms with Gasteiger partial charge in [-0.15, -0.1) is 6.58 Å². The van der Waals surface area contributed by atoms with Gasteiger partial charge in [0.1, 0.15) is 5.70 Å². The molecule has 2 N–H and O–H groups in total. The van der Waals surface area contributed by atoms with Crippen molar-refractivity contribution in [1.82, 2.24) is 14.9 Å². The van der Waals surface area contributed by atoms with Gasteiger partial charge in [-0.3, -0.25) is 9.79 Å². The van der Waals surface area contributed by atoms with E-state index >= 15 is 0 Å². The molecule has 0 saturated carbocycles. The summed E-state index contributed by atoms with van der Waals surface area (Å²) < 4.78 is 1.93. The highest BCUT2D eigenvalue weighted by atomic mass is 16.1. The van der Waals surface area contributed by atoms with Crippen molar-refractivity contribution in [3.63, 3.8) is 0 Å². The number of allylic oxidation sites excluding steroid dienone is 5. The second-order valence-corrected chi connectivity index (χ2v) is 6.34. The van der Waals surface area contributed by atoms with Crippen LogP contribution < -0.4 is 10.6 Å². The molecule has 0 saturated heterocycles. The van der Waals surface area contributed by atoms with Crippen LogP contribution in [0.25, 0.3) is 5.69 Å². The van der Waals surface area contributed by atoms with Gasteiger partial charge in [0, 0.05) is 23.8 Å². The van der Waals surface area contributed by atoms with Crippen LogP contribution in [0, 0.1) is 25.7 Å². The molecule has 0 aliphatic rings. The Morgan fingerprint density at radius 2 is 1.91 bits per heavy atom. The van der Waals surface area contributed by atoms with Crippen molar-refractivity contribution in [2.45, 2.75) is 27.7 Å². The number of anilines is 1. The highest BCUT2D eigenvalue weighted by Crippen LogP contribution is 2.17. The van der Waals surface area contributed by atoms with Gasteiger partial charge < -0.3 is 15.2 Å². The zero-order valence-corrected chi connectivity index (χ0v) is 19.9. The average molecular weight is 444 g/mol. The SMILES string of the molecule is C=CC.C=CC=N/C=C(/C#C/C=C/C)NC=C.Cc1cc(NC=O)cc(-n2cnc(C)c2)c1. The number of aliphatic imine (C=N–C) groups is 1. The third-order valence-corrected chi connectivity index (χ3v) is 3.41. The molecule has 6 heteroatoms. The van der Waals surface area contributed by atoms with E-state index in [0.717, 1.165) is 22.6 Å². The summed E-state index contributed by atoms with van der Waals surface area (Å²) in [7, 11) is 0. The molecule has 2 rings (SSSR count). The van der Waals surface area contributed by atoms with E-state index in [1.807, 2.05) is 62.7 Å². The van der Waals surface area contributed by atoms with Gasteiger partial charge in [-0.25, -0.2) is 4.98 Å². The molecule has 33 heavy (non-hydrogen) atoms. The molecular formula is C27H33N5O. The fourth-order valence-electron chi connectivity index (χ4n) is 2.22. The maximum Gasteiger partial charge on any atom is 0.211 e. The summed E-state index contributed by atoms with van der Waals surface area (Å²) in [5.41, 5.74) is 4.53. The number of nitrogens with one attached hydrogen (secondary N) is 2. The Kier molecular flexibility index (Phi) is 16.0. The van der Waals surface area contributed by atoms with E-state index in [-0.39, 0.29) is 0 Å². The zero-order valence-electron chi connectivity index (χ0n) is 19.9. The summed E-state index contributed by atoms with van der Waals surface area (Å²) >= 11 is 0. The van der Waals surface area contributed by atoms with E-state index in [2.05, 4.69) is 52.2 Å². The van der Waals surface area contributed by atoms with Crippen LogP contribution in [0.2, 0.25) is 0 Å². The van der Waals surface area contributed by atoms with Crippen molar-refractivity contribution in [3.05, 3.63) is 104 Å². The molecule has 2 aromatic rings. The number of imidazole rings is 1. The summed E-state index contributed by atoms with van der Waals surface area (Å²) in [5.74, 6) is 5.71.